The Morgan fingerprint density at radius 1 is 1.05 bits per heavy atom. The van der Waals surface area contributed by atoms with E-state index in [4.69, 9.17) is 0 Å². The molecule has 4 rings (SSSR count). The van der Waals surface area contributed by atoms with Crippen molar-refractivity contribution < 1.29 is 13.2 Å². The van der Waals surface area contributed by atoms with Gasteiger partial charge in [0.1, 0.15) is 11.2 Å². The second kappa shape index (κ2) is 10.9. The minimum absolute atomic E-state index is 0.158. The zero-order chi connectivity index (χ0) is 26.7. The maximum Gasteiger partial charge on any atom is 0.252 e. The predicted molar refractivity (Wildman–Crippen MR) is 146 cm³/mol. The number of carbonyl (C=O) groups excluding carboxylic acids is 1. The quantitative estimate of drug-likeness (QED) is 0.425. The van der Waals surface area contributed by atoms with E-state index in [9.17, 15) is 13.2 Å². The molecule has 1 fully saturated rings. The van der Waals surface area contributed by atoms with Crippen LogP contribution in [0.5, 0.6) is 0 Å². The fourth-order valence-corrected chi connectivity index (χ4v) is 6.94. The summed E-state index contributed by atoms with van der Waals surface area (Å²) in [7, 11) is -3.85. The van der Waals surface area contributed by atoms with E-state index in [0.717, 1.165) is 29.5 Å². The second-order valence-electron chi connectivity index (χ2n) is 9.59. The third-order valence-electron chi connectivity index (χ3n) is 7.09. The fourth-order valence-electron chi connectivity index (χ4n) is 5.02. The Bertz CT molecular complexity index is 1400. The first-order valence-corrected chi connectivity index (χ1v) is 14.1. The Morgan fingerprint density at radius 3 is 2.27 bits per heavy atom. The first-order chi connectivity index (χ1) is 17.6. The molecular weight excluding hydrogens is 484 g/mol. The van der Waals surface area contributed by atoms with E-state index in [0.29, 0.717) is 35.6 Å². The number of amides is 1. The average molecular weight is 519 g/mol. The molecule has 0 bridgehead atoms. The van der Waals surface area contributed by atoms with Crippen molar-refractivity contribution in [1.29, 1.82) is 0 Å². The summed E-state index contributed by atoms with van der Waals surface area (Å²) in [6.07, 6.45) is 6.79. The molecule has 37 heavy (non-hydrogen) atoms. The van der Waals surface area contributed by atoms with Gasteiger partial charge in [0.25, 0.3) is 5.91 Å². The van der Waals surface area contributed by atoms with Crippen molar-refractivity contribution >= 4 is 15.7 Å². The van der Waals surface area contributed by atoms with Crippen molar-refractivity contribution in [2.75, 3.05) is 13.1 Å². The van der Waals surface area contributed by atoms with Crippen molar-refractivity contribution in [1.82, 2.24) is 20.2 Å². The van der Waals surface area contributed by atoms with Crippen LogP contribution in [0.4, 0.5) is 0 Å². The zero-order valence-electron chi connectivity index (χ0n) is 21.9. The monoisotopic (exact) mass is 518 g/mol. The highest BCUT2D eigenvalue weighted by atomic mass is 32.2. The first-order valence-electron chi connectivity index (χ1n) is 12.5. The fraction of sp³-hybridized carbons (Fsp3) is 0.345. The van der Waals surface area contributed by atoms with Gasteiger partial charge in [-0.3, -0.25) is 9.69 Å². The maximum atomic E-state index is 14.1. The van der Waals surface area contributed by atoms with Gasteiger partial charge in [0.05, 0.1) is 10.9 Å². The van der Waals surface area contributed by atoms with Gasteiger partial charge in [-0.2, -0.15) is 0 Å². The number of rotatable bonds is 8. The Hall–Kier alpha value is -3.36. The standard InChI is InChI=1S/C29H34N4O3S/c1-6-27(33-14-10-11-15-33)37(35,36)26-16-25(23-12-8-7-9-13-23)19(2)28(20(26)3)29(34)32-21(4)24-17-30-22(5)31-18-24/h6-9,12-13,16-18,21,27H,1,10-11,14-15H2,2-5H3,(H,32,34). The van der Waals surface area contributed by atoms with Gasteiger partial charge in [0.15, 0.2) is 9.84 Å². The normalized spacial score (nSPS) is 15.8. The number of hydrogen-bond acceptors (Lipinski definition) is 6. The summed E-state index contributed by atoms with van der Waals surface area (Å²) in [5.41, 5.74) is 3.86. The molecule has 1 N–H and O–H groups in total. The molecule has 0 aliphatic carbocycles. The Balaban J connectivity index is 1.84. The van der Waals surface area contributed by atoms with Crippen molar-refractivity contribution in [3.05, 3.63) is 89.5 Å². The number of nitrogens with one attached hydrogen (secondary N) is 1. The molecule has 1 saturated heterocycles. The molecule has 2 atom stereocenters. The van der Waals surface area contributed by atoms with Gasteiger partial charge in [0.2, 0.25) is 0 Å². The van der Waals surface area contributed by atoms with Crippen LogP contribution in [0.2, 0.25) is 0 Å². The molecule has 2 aromatic carbocycles. The molecule has 1 aliphatic heterocycles. The molecule has 0 saturated carbocycles. The van der Waals surface area contributed by atoms with Crippen LogP contribution in [-0.4, -0.2) is 47.7 Å². The number of likely N-dealkylation sites (tertiary alicyclic amines) is 1. The highest BCUT2D eigenvalue weighted by Gasteiger charge is 2.35. The summed E-state index contributed by atoms with van der Waals surface area (Å²) in [6.45, 7) is 12.5. The Morgan fingerprint density at radius 2 is 1.68 bits per heavy atom. The number of sulfone groups is 1. The predicted octanol–water partition coefficient (Wildman–Crippen LogP) is 4.94. The van der Waals surface area contributed by atoms with E-state index >= 15 is 0 Å². The molecule has 8 heteroatoms. The topological polar surface area (TPSA) is 92.3 Å². The highest BCUT2D eigenvalue weighted by Crippen LogP contribution is 2.35. The third kappa shape index (κ3) is 5.36. The molecule has 2 heterocycles. The number of aryl methyl sites for hydroxylation is 1. The molecule has 2 unspecified atom stereocenters. The molecular formula is C29H34N4O3S. The summed E-state index contributed by atoms with van der Waals surface area (Å²) in [4.78, 5) is 24.3. The van der Waals surface area contributed by atoms with E-state index in [1.54, 1.807) is 32.3 Å². The maximum absolute atomic E-state index is 14.1. The molecule has 0 spiro atoms. The van der Waals surface area contributed by atoms with Crippen LogP contribution in [0.15, 0.2) is 66.3 Å². The average Bonchev–Trinajstić information content (AvgIpc) is 3.39. The Kier molecular flexibility index (Phi) is 7.90. The smallest absolute Gasteiger partial charge is 0.252 e. The van der Waals surface area contributed by atoms with Gasteiger partial charge in [-0.1, -0.05) is 36.4 Å². The van der Waals surface area contributed by atoms with E-state index in [1.165, 1.54) is 6.08 Å². The number of benzene rings is 2. The molecule has 3 aromatic rings. The van der Waals surface area contributed by atoms with Gasteiger partial charge in [-0.25, -0.2) is 18.4 Å². The first kappa shape index (κ1) is 26.7. The number of nitrogens with zero attached hydrogens (tertiary/aromatic N) is 3. The molecule has 1 aromatic heterocycles. The van der Waals surface area contributed by atoms with E-state index in [1.807, 2.05) is 49.1 Å². The molecule has 0 radical (unpaired) electrons. The lowest BCUT2D eigenvalue weighted by Crippen LogP contribution is -2.38. The Labute approximate surface area is 219 Å². The van der Waals surface area contributed by atoms with Crippen LogP contribution in [-0.2, 0) is 9.84 Å². The van der Waals surface area contributed by atoms with Crippen LogP contribution in [0.1, 0.15) is 58.7 Å². The van der Waals surface area contributed by atoms with Gasteiger partial charge in [-0.05, 0) is 81.9 Å². The molecule has 194 valence electrons. The number of aromatic nitrogens is 2. The van der Waals surface area contributed by atoms with Crippen LogP contribution >= 0.6 is 0 Å². The zero-order valence-corrected chi connectivity index (χ0v) is 22.7. The SMILES string of the molecule is C=CC(N1CCCC1)S(=O)(=O)c1cc(-c2ccccc2)c(C)c(C(=O)NC(C)c2cnc(C)nc2)c1C. The van der Waals surface area contributed by atoms with Crippen molar-refractivity contribution in [3.8, 4) is 11.1 Å². The minimum atomic E-state index is -3.85. The van der Waals surface area contributed by atoms with Crippen LogP contribution < -0.4 is 5.32 Å². The van der Waals surface area contributed by atoms with Gasteiger partial charge in [0, 0.05) is 23.5 Å². The molecule has 1 amide bonds. The highest BCUT2D eigenvalue weighted by molar-refractivity contribution is 7.92. The van der Waals surface area contributed by atoms with Gasteiger partial charge >= 0.3 is 0 Å². The van der Waals surface area contributed by atoms with Crippen LogP contribution in [0.3, 0.4) is 0 Å². The van der Waals surface area contributed by atoms with Gasteiger partial charge < -0.3 is 5.32 Å². The van der Waals surface area contributed by atoms with E-state index in [-0.39, 0.29) is 16.8 Å². The van der Waals surface area contributed by atoms with Gasteiger partial charge in [-0.15, -0.1) is 6.58 Å². The van der Waals surface area contributed by atoms with E-state index in [2.05, 4.69) is 21.9 Å². The molecule has 1 aliphatic rings. The van der Waals surface area contributed by atoms with Crippen LogP contribution in [0.25, 0.3) is 11.1 Å². The molecule has 7 nitrogen and oxygen atoms in total. The summed E-state index contributed by atoms with van der Waals surface area (Å²) < 4.78 is 28.1. The van der Waals surface area contributed by atoms with Crippen molar-refractivity contribution in [2.45, 2.75) is 56.8 Å². The lowest BCUT2D eigenvalue weighted by atomic mass is 9.92. The minimum Gasteiger partial charge on any atom is -0.345 e. The second-order valence-corrected chi connectivity index (χ2v) is 11.6. The van der Waals surface area contributed by atoms with Crippen molar-refractivity contribution in [3.63, 3.8) is 0 Å². The van der Waals surface area contributed by atoms with E-state index < -0.39 is 15.2 Å². The summed E-state index contributed by atoms with van der Waals surface area (Å²) in [6, 6.07) is 10.9. The van der Waals surface area contributed by atoms with Crippen LogP contribution in [0, 0.1) is 20.8 Å². The lowest BCUT2D eigenvalue weighted by molar-refractivity contribution is 0.0938. The van der Waals surface area contributed by atoms with Crippen molar-refractivity contribution in [2.24, 2.45) is 0 Å². The number of carbonyl (C=O) groups is 1. The summed E-state index contributed by atoms with van der Waals surface area (Å²) in [5.74, 6) is 0.308. The summed E-state index contributed by atoms with van der Waals surface area (Å²) >= 11 is 0. The number of hydrogen-bond donors (Lipinski definition) is 1. The summed E-state index contributed by atoms with van der Waals surface area (Å²) in [5, 5.41) is 2.18. The lowest BCUT2D eigenvalue weighted by Gasteiger charge is -2.27. The third-order valence-corrected chi connectivity index (χ3v) is 9.25. The largest absolute Gasteiger partial charge is 0.345 e.